The van der Waals surface area contributed by atoms with E-state index in [1.807, 2.05) is 42.5 Å². The van der Waals surface area contributed by atoms with Crippen LogP contribution in [0.1, 0.15) is 0 Å². The van der Waals surface area contributed by atoms with Gasteiger partial charge >= 0.3 is 10.5 Å². The Balaban J connectivity index is 2.51. The first kappa shape index (κ1) is 9.03. The van der Waals surface area contributed by atoms with Gasteiger partial charge in [-0.3, -0.25) is 0 Å². The predicted octanol–water partition coefficient (Wildman–Crippen LogP) is 2.82. The smallest absolute Gasteiger partial charge is 0.341 e. The molecule has 0 heterocycles. The second-order valence-corrected chi connectivity index (χ2v) is 3.17. The van der Waals surface area contributed by atoms with Crippen molar-refractivity contribution in [3.63, 3.8) is 0 Å². The van der Waals surface area contributed by atoms with Crippen LogP contribution in [-0.4, -0.2) is 10.5 Å². The molecule has 14 heavy (non-hydrogen) atoms. The fraction of sp³-hybridized carbons (Fsp3) is 0. The molecule has 1 nitrogen and oxygen atoms in total. The molecule has 2 heteroatoms. The molecular weight excluding hydrogens is 188 g/mol. The molecule has 0 amide bonds. The van der Waals surface area contributed by atoms with E-state index in [1.54, 1.807) is 0 Å². The first-order chi connectivity index (χ1) is 6.92. The van der Waals surface area contributed by atoms with Crippen LogP contribution in [-0.2, 0) is 0 Å². The van der Waals surface area contributed by atoms with E-state index in [0.717, 1.165) is 16.9 Å². The largest absolute Gasteiger partial charge is 0.540 e. The molecule has 2 aromatic carbocycles. The third-order valence-electron chi connectivity index (χ3n) is 2.08. The van der Waals surface area contributed by atoms with Gasteiger partial charge < -0.3 is 4.43 Å². The first-order valence-electron chi connectivity index (χ1n) is 4.40. The Hall–Kier alpha value is -1.54. The van der Waals surface area contributed by atoms with E-state index in [1.165, 1.54) is 0 Å². The molecule has 0 aliphatic heterocycles. The van der Waals surface area contributed by atoms with Gasteiger partial charge in [0.05, 0.1) is 0 Å². The lowest BCUT2D eigenvalue weighted by Crippen LogP contribution is -1.88. The van der Waals surface area contributed by atoms with Gasteiger partial charge in [0.25, 0.3) is 0 Å². The molecule has 0 saturated carbocycles. The zero-order valence-electron chi connectivity index (χ0n) is 7.60. The molecule has 0 aromatic heterocycles. The van der Waals surface area contributed by atoms with Crippen LogP contribution >= 0.6 is 0 Å². The summed E-state index contributed by atoms with van der Waals surface area (Å²) in [5.74, 6) is 0.829. The van der Waals surface area contributed by atoms with E-state index in [4.69, 9.17) is 4.43 Å². The monoisotopic (exact) mass is 197 g/mol. The summed E-state index contributed by atoms with van der Waals surface area (Å²) in [7, 11) is 3.05. The molecule has 0 N–H and O–H groups in total. The summed E-state index contributed by atoms with van der Waals surface area (Å²) in [6, 6.07) is 18.0. The molecule has 2 rings (SSSR count). The Morgan fingerprint density at radius 1 is 0.786 bits per heavy atom. The number of rotatable bonds is 2. The molecule has 0 atom stereocenters. The summed E-state index contributed by atoms with van der Waals surface area (Å²) in [5.41, 5.74) is 2.24. The summed E-state index contributed by atoms with van der Waals surface area (Å²) >= 11 is 0. The van der Waals surface area contributed by atoms with Crippen LogP contribution in [0.5, 0.6) is 5.75 Å². The minimum Gasteiger partial charge on any atom is -0.540 e. The SMILES string of the molecule is [Si]Oc1ccccc1-c1ccccc1. The van der Waals surface area contributed by atoms with Crippen molar-refractivity contribution in [2.75, 3.05) is 0 Å². The van der Waals surface area contributed by atoms with Gasteiger partial charge in [-0.2, -0.15) is 0 Å². The van der Waals surface area contributed by atoms with E-state index < -0.39 is 0 Å². The standard InChI is InChI=1S/C12H9OSi/c14-13-12-9-5-4-8-11(12)10-6-2-1-3-7-10/h1-9H. The molecule has 0 aliphatic carbocycles. The minimum absolute atomic E-state index is 0.829. The third kappa shape index (κ3) is 1.70. The first-order valence-corrected chi connectivity index (χ1v) is 4.80. The average molecular weight is 197 g/mol. The summed E-state index contributed by atoms with van der Waals surface area (Å²) in [6.45, 7) is 0. The molecule has 0 bridgehead atoms. The number of hydrogen-bond acceptors (Lipinski definition) is 1. The van der Waals surface area contributed by atoms with Crippen molar-refractivity contribution in [1.82, 2.24) is 0 Å². The van der Waals surface area contributed by atoms with Crippen LogP contribution in [0.4, 0.5) is 0 Å². The lowest BCUT2D eigenvalue weighted by Gasteiger charge is -2.07. The van der Waals surface area contributed by atoms with Crippen molar-refractivity contribution in [1.29, 1.82) is 0 Å². The van der Waals surface area contributed by atoms with Crippen LogP contribution in [0.15, 0.2) is 54.6 Å². The summed E-state index contributed by atoms with van der Waals surface area (Å²) in [5, 5.41) is 0. The molecule has 0 saturated heterocycles. The second-order valence-electron chi connectivity index (χ2n) is 2.96. The Morgan fingerprint density at radius 2 is 1.43 bits per heavy atom. The molecule has 2 aromatic rings. The van der Waals surface area contributed by atoms with Gasteiger partial charge in [0.1, 0.15) is 5.75 Å². The Bertz CT molecular complexity index is 412. The molecule has 0 unspecified atom stereocenters. The number of hydrogen-bond donors (Lipinski definition) is 0. The van der Waals surface area contributed by atoms with Crippen LogP contribution in [0, 0.1) is 0 Å². The summed E-state index contributed by atoms with van der Waals surface area (Å²) in [4.78, 5) is 0. The van der Waals surface area contributed by atoms with Crippen LogP contribution in [0.3, 0.4) is 0 Å². The third-order valence-corrected chi connectivity index (χ3v) is 2.30. The summed E-state index contributed by atoms with van der Waals surface area (Å²) in [6.07, 6.45) is 0. The van der Waals surface area contributed by atoms with Crippen LogP contribution in [0.25, 0.3) is 11.1 Å². The normalized spacial score (nSPS) is 9.79. The number of para-hydroxylation sites is 1. The van der Waals surface area contributed by atoms with Crippen molar-refractivity contribution >= 4 is 10.5 Å². The maximum atomic E-state index is 5.11. The summed E-state index contributed by atoms with van der Waals surface area (Å²) < 4.78 is 5.11. The van der Waals surface area contributed by atoms with Gasteiger partial charge in [-0.25, -0.2) is 0 Å². The highest BCUT2D eigenvalue weighted by molar-refractivity contribution is 6.00. The highest BCUT2D eigenvalue weighted by Crippen LogP contribution is 2.28. The maximum Gasteiger partial charge on any atom is 0.341 e. The van der Waals surface area contributed by atoms with Gasteiger partial charge in [-0.1, -0.05) is 48.5 Å². The highest BCUT2D eigenvalue weighted by atomic mass is 28.2. The van der Waals surface area contributed by atoms with Crippen LogP contribution < -0.4 is 4.43 Å². The maximum absolute atomic E-state index is 5.11. The van der Waals surface area contributed by atoms with Gasteiger partial charge in [0.2, 0.25) is 0 Å². The van der Waals surface area contributed by atoms with Crippen molar-refractivity contribution in [2.45, 2.75) is 0 Å². The fourth-order valence-corrected chi connectivity index (χ4v) is 1.59. The van der Waals surface area contributed by atoms with Gasteiger partial charge in [-0.05, 0) is 11.6 Å². The van der Waals surface area contributed by atoms with E-state index >= 15 is 0 Å². The van der Waals surface area contributed by atoms with Crippen molar-refractivity contribution in [3.8, 4) is 16.9 Å². The van der Waals surface area contributed by atoms with E-state index in [2.05, 4.69) is 22.6 Å². The molecular formula is C12H9OSi. The van der Waals surface area contributed by atoms with Gasteiger partial charge in [0, 0.05) is 5.56 Å². The minimum atomic E-state index is 0.829. The van der Waals surface area contributed by atoms with E-state index in [9.17, 15) is 0 Å². The zero-order chi connectivity index (χ0) is 9.80. The molecule has 0 fully saturated rings. The quantitative estimate of drug-likeness (QED) is 0.673. The van der Waals surface area contributed by atoms with Crippen molar-refractivity contribution in [2.24, 2.45) is 0 Å². The van der Waals surface area contributed by atoms with Crippen molar-refractivity contribution < 1.29 is 4.43 Å². The topological polar surface area (TPSA) is 9.23 Å². The zero-order valence-corrected chi connectivity index (χ0v) is 8.60. The molecule has 0 spiro atoms. The fourth-order valence-electron chi connectivity index (χ4n) is 1.41. The molecule has 0 aliphatic rings. The van der Waals surface area contributed by atoms with Gasteiger partial charge in [-0.15, -0.1) is 0 Å². The van der Waals surface area contributed by atoms with E-state index in [0.29, 0.717) is 0 Å². The number of benzene rings is 2. The van der Waals surface area contributed by atoms with Crippen molar-refractivity contribution in [3.05, 3.63) is 54.6 Å². The Morgan fingerprint density at radius 3 is 2.14 bits per heavy atom. The van der Waals surface area contributed by atoms with Crippen LogP contribution in [0.2, 0.25) is 0 Å². The van der Waals surface area contributed by atoms with E-state index in [-0.39, 0.29) is 0 Å². The molecule has 67 valence electrons. The van der Waals surface area contributed by atoms with Gasteiger partial charge in [0.15, 0.2) is 0 Å². The molecule has 3 radical (unpaired) electrons. The Kier molecular flexibility index (Phi) is 2.65. The predicted molar refractivity (Wildman–Crippen MR) is 58.3 cm³/mol. The average Bonchev–Trinajstić information content (AvgIpc) is 2.30. The Labute approximate surface area is 86.9 Å². The highest BCUT2D eigenvalue weighted by Gasteiger charge is 2.02. The second kappa shape index (κ2) is 4.11. The lowest BCUT2D eigenvalue weighted by molar-refractivity contribution is 0.618. The lowest BCUT2D eigenvalue weighted by atomic mass is 10.1.